The summed E-state index contributed by atoms with van der Waals surface area (Å²) in [5, 5.41) is 0. The molecule has 0 aromatic heterocycles. The summed E-state index contributed by atoms with van der Waals surface area (Å²) in [6.45, 7) is 0. The molecule has 9 heteroatoms. The molecule has 0 aliphatic heterocycles. The number of benzene rings is 1. The van der Waals surface area contributed by atoms with Crippen LogP contribution in [0.15, 0.2) is 4.90 Å². The number of carbonyl (C=O) groups excluding carboxylic acids is 1. The summed E-state index contributed by atoms with van der Waals surface area (Å²) in [7, 11) is -4.49. The smallest absolute Gasteiger partial charge is 0.253 e. The van der Waals surface area contributed by atoms with Gasteiger partial charge in [0, 0.05) is 6.26 Å². The van der Waals surface area contributed by atoms with Crippen molar-refractivity contribution in [3.05, 3.63) is 28.8 Å². The number of primary amides is 1. The lowest BCUT2D eigenvalue weighted by Crippen LogP contribution is -2.22. The molecule has 0 aliphatic carbocycles. The molecule has 0 spiro atoms. The second-order valence-corrected chi connectivity index (χ2v) is 5.05. The number of sulfone groups is 1. The van der Waals surface area contributed by atoms with Gasteiger partial charge >= 0.3 is 0 Å². The SMILES string of the molecule is CS(=O)(=O)c1c(F)c(F)c(F)c(F)c1C(N)=O. The van der Waals surface area contributed by atoms with Crippen LogP contribution >= 0.6 is 0 Å². The molecule has 4 nitrogen and oxygen atoms in total. The third-order valence-corrected chi connectivity index (χ3v) is 2.97. The number of nitrogens with two attached hydrogens (primary N) is 1. The highest BCUT2D eigenvalue weighted by Crippen LogP contribution is 2.27. The minimum Gasteiger partial charge on any atom is -0.365 e. The molecule has 0 fully saturated rings. The first kappa shape index (κ1) is 13.4. The Bertz CT molecular complexity index is 612. The zero-order valence-corrected chi connectivity index (χ0v) is 9.04. The van der Waals surface area contributed by atoms with E-state index in [1.807, 2.05) is 0 Å². The van der Waals surface area contributed by atoms with Crippen LogP contribution in [0.3, 0.4) is 0 Å². The van der Waals surface area contributed by atoms with E-state index in [0.29, 0.717) is 6.26 Å². The first-order valence-electron chi connectivity index (χ1n) is 3.94. The Morgan fingerprint density at radius 3 is 1.76 bits per heavy atom. The fraction of sp³-hybridized carbons (Fsp3) is 0.125. The van der Waals surface area contributed by atoms with Gasteiger partial charge in [-0.05, 0) is 0 Å². The topological polar surface area (TPSA) is 77.2 Å². The minimum absolute atomic E-state index is 0.397. The summed E-state index contributed by atoms with van der Waals surface area (Å²) in [5.74, 6) is -10.7. The largest absolute Gasteiger partial charge is 0.365 e. The number of hydrogen-bond donors (Lipinski definition) is 1. The lowest BCUT2D eigenvalue weighted by molar-refractivity contribution is 0.0990. The van der Waals surface area contributed by atoms with E-state index in [4.69, 9.17) is 0 Å². The van der Waals surface area contributed by atoms with Gasteiger partial charge < -0.3 is 5.73 Å². The van der Waals surface area contributed by atoms with Crippen LogP contribution in [-0.4, -0.2) is 20.6 Å². The van der Waals surface area contributed by atoms with Crippen LogP contribution in [0, 0.1) is 23.3 Å². The van der Waals surface area contributed by atoms with Gasteiger partial charge in [0.1, 0.15) is 4.90 Å². The van der Waals surface area contributed by atoms with Gasteiger partial charge in [0.05, 0.1) is 5.56 Å². The zero-order valence-electron chi connectivity index (χ0n) is 8.22. The number of amides is 1. The van der Waals surface area contributed by atoms with Gasteiger partial charge in [-0.25, -0.2) is 26.0 Å². The quantitative estimate of drug-likeness (QED) is 0.373. The predicted octanol–water partition coefficient (Wildman–Crippen LogP) is 0.745. The standard InChI is InChI=1S/C8H5F4NO3S/c1-17(15,16)7-2(8(13)14)3(9)4(10)5(11)6(7)12/h1H3,(H2,13,14). The molecule has 0 aliphatic rings. The van der Waals surface area contributed by atoms with Crippen molar-refractivity contribution in [3.8, 4) is 0 Å². The Morgan fingerprint density at radius 1 is 1.00 bits per heavy atom. The Morgan fingerprint density at radius 2 is 1.41 bits per heavy atom. The molecular formula is C8H5F4NO3S. The van der Waals surface area contributed by atoms with E-state index in [-0.39, 0.29) is 0 Å². The van der Waals surface area contributed by atoms with Crippen molar-refractivity contribution in [2.45, 2.75) is 4.90 Å². The first-order chi connectivity index (χ1) is 7.59. The fourth-order valence-electron chi connectivity index (χ4n) is 1.18. The lowest BCUT2D eigenvalue weighted by atomic mass is 10.1. The molecule has 0 unspecified atom stereocenters. The van der Waals surface area contributed by atoms with E-state index in [1.54, 1.807) is 0 Å². The van der Waals surface area contributed by atoms with E-state index in [0.717, 1.165) is 0 Å². The summed E-state index contributed by atoms with van der Waals surface area (Å²) in [4.78, 5) is 9.17. The van der Waals surface area contributed by atoms with E-state index < -0.39 is 49.5 Å². The molecule has 0 saturated carbocycles. The third-order valence-electron chi connectivity index (χ3n) is 1.84. The summed E-state index contributed by atoms with van der Waals surface area (Å²) < 4.78 is 74.1. The molecule has 0 radical (unpaired) electrons. The molecule has 1 rings (SSSR count). The van der Waals surface area contributed by atoms with Gasteiger partial charge in [-0.3, -0.25) is 4.79 Å². The van der Waals surface area contributed by atoms with Crippen molar-refractivity contribution in [2.75, 3.05) is 6.26 Å². The third kappa shape index (κ3) is 2.09. The van der Waals surface area contributed by atoms with Crippen molar-refractivity contribution in [3.63, 3.8) is 0 Å². The molecule has 0 atom stereocenters. The second kappa shape index (κ2) is 3.99. The van der Waals surface area contributed by atoms with Crippen LogP contribution in [0.5, 0.6) is 0 Å². The van der Waals surface area contributed by atoms with Crippen molar-refractivity contribution in [1.82, 2.24) is 0 Å². The number of carbonyl (C=O) groups is 1. The summed E-state index contributed by atoms with van der Waals surface area (Å²) in [5.41, 5.74) is 3.06. The van der Waals surface area contributed by atoms with Gasteiger partial charge in [0.25, 0.3) is 5.91 Å². The van der Waals surface area contributed by atoms with E-state index in [9.17, 15) is 30.8 Å². The maximum Gasteiger partial charge on any atom is 0.253 e. The molecule has 0 heterocycles. The van der Waals surface area contributed by atoms with E-state index in [2.05, 4.69) is 5.73 Å². The monoisotopic (exact) mass is 271 g/mol. The average Bonchev–Trinajstić information content (AvgIpc) is 2.17. The first-order valence-corrected chi connectivity index (χ1v) is 5.84. The maximum atomic E-state index is 13.2. The summed E-state index contributed by atoms with van der Waals surface area (Å²) in [6.07, 6.45) is 0.397. The molecule has 1 aromatic carbocycles. The minimum atomic E-state index is -4.49. The molecule has 2 N–H and O–H groups in total. The van der Waals surface area contributed by atoms with Crippen molar-refractivity contribution in [1.29, 1.82) is 0 Å². The van der Waals surface area contributed by atoms with Crippen LogP contribution in [0.2, 0.25) is 0 Å². The second-order valence-electron chi connectivity index (χ2n) is 3.10. The molecular weight excluding hydrogens is 266 g/mol. The van der Waals surface area contributed by atoms with Gasteiger partial charge in [0.2, 0.25) is 0 Å². The normalized spacial score (nSPS) is 11.6. The van der Waals surface area contributed by atoms with Gasteiger partial charge in [-0.1, -0.05) is 0 Å². The van der Waals surface area contributed by atoms with Crippen molar-refractivity contribution >= 4 is 15.7 Å². The highest BCUT2D eigenvalue weighted by atomic mass is 32.2. The highest BCUT2D eigenvalue weighted by Gasteiger charge is 2.32. The lowest BCUT2D eigenvalue weighted by Gasteiger charge is -2.09. The molecule has 17 heavy (non-hydrogen) atoms. The van der Waals surface area contributed by atoms with Gasteiger partial charge in [-0.15, -0.1) is 0 Å². The van der Waals surface area contributed by atoms with E-state index in [1.165, 1.54) is 0 Å². The maximum absolute atomic E-state index is 13.2. The Kier molecular flexibility index (Phi) is 3.15. The van der Waals surface area contributed by atoms with Crippen molar-refractivity contribution in [2.24, 2.45) is 5.73 Å². The Balaban J connectivity index is 4.00. The molecule has 1 amide bonds. The van der Waals surface area contributed by atoms with E-state index >= 15 is 0 Å². The Hall–Kier alpha value is -1.64. The molecule has 0 saturated heterocycles. The van der Waals surface area contributed by atoms with Crippen LogP contribution < -0.4 is 5.73 Å². The van der Waals surface area contributed by atoms with Crippen LogP contribution in [0.1, 0.15) is 10.4 Å². The summed E-state index contributed by atoms with van der Waals surface area (Å²) >= 11 is 0. The number of rotatable bonds is 2. The van der Waals surface area contributed by atoms with Crippen LogP contribution in [0.25, 0.3) is 0 Å². The Labute approximate surface area is 93.0 Å². The highest BCUT2D eigenvalue weighted by molar-refractivity contribution is 7.90. The number of hydrogen-bond acceptors (Lipinski definition) is 3. The predicted molar refractivity (Wildman–Crippen MR) is 47.9 cm³/mol. The van der Waals surface area contributed by atoms with Gasteiger partial charge in [-0.2, -0.15) is 0 Å². The fourth-order valence-corrected chi connectivity index (χ4v) is 2.16. The van der Waals surface area contributed by atoms with Crippen molar-refractivity contribution < 1.29 is 30.8 Å². The number of halogens is 4. The summed E-state index contributed by atoms with van der Waals surface area (Å²) in [6, 6.07) is 0. The molecule has 94 valence electrons. The zero-order chi connectivity index (χ0) is 13.5. The van der Waals surface area contributed by atoms with Crippen LogP contribution in [0.4, 0.5) is 17.6 Å². The van der Waals surface area contributed by atoms with Gasteiger partial charge in [0.15, 0.2) is 33.1 Å². The molecule has 1 aromatic rings. The molecule has 0 bridgehead atoms. The van der Waals surface area contributed by atoms with Crippen LogP contribution in [-0.2, 0) is 9.84 Å². The average molecular weight is 271 g/mol.